The molecule has 7 heteroatoms. The summed E-state index contributed by atoms with van der Waals surface area (Å²) >= 11 is 0. The number of carbonyl (C=O) groups excluding carboxylic acids is 1. The molecule has 5 nitrogen and oxygen atoms in total. The molecule has 0 aromatic heterocycles. The van der Waals surface area contributed by atoms with Crippen LogP contribution in [0.1, 0.15) is 12.0 Å². The number of hydrogen-bond acceptors (Lipinski definition) is 3. The summed E-state index contributed by atoms with van der Waals surface area (Å²) in [6.07, 6.45) is -0.545. The van der Waals surface area contributed by atoms with Crippen molar-refractivity contribution in [2.45, 2.75) is 18.9 Å². The van der Waals surface area contributed by atoms with E-state index in [2.05, 4.69) is 0 Å². The van der Waals surface area contributed by atoms with Crippen molar-refractivity contribution in [2.75, 3.05) is 19.8 Å². The van der Waals surface area contributed by atoms with Gasteiger partial charge in [-0.05, 0) is 18.2 Å². The molecule has 1 aliphatic rings. The van der Waals surface area contributed by atoms with E-state index in [-0.39, 0.29) is 31.6 Å². The summed E-state index contributed by atoms with van der Waals surface area (Å²) in [6, 6.07) is 2.33. The Morgan fingerprint density at radius 2 is 2.14 bits per heavy atom. The molecular formula is C14H15F2NO4. The average molecular weight is 299 g/mol. The molecule has 114 valence electrons. The van der Waals surface area contributed by atoms with Crippen LogP contribution in [0.15, 0.2) is 18.2 Å². The lowest BCUT2D eigenvalue weighted by molar-refractivity contribution is -0.145. The highest BCUT2D eigenvalue weighted by atomic mass is 19.1. The number of hydrogen-bond donors (Lipinski definition) is 1. The van der Waals surface area contributed by atoms with Crippen LogP contribution < -0.4 is 0 Å². The van der Waals surface area contributed by atoms with E-state index in [0.717, 1.165) is 18.2 Å². The second kappa shape index (κ2) is 6.62. The monoisotopic (exact) mass is 299 g/mol. The molecule has 1 aromatic rings. The molecule has 1 saturated heterocycles. The number of ether oxygens (including phenoxy) is 1. The summed E-state index contributed by atoms with van der Waals surface area (Å²) < 4.78 is 31.8. The molecule has 1 N–H and O–H groups in total. The third-order valence-electron chi connectivity index (χ3n) is 3.31. The molecule has 2 rings (SSSR count). The number of carboxylic acids is 1. The molecule has 21 heavy (non-hydrogen) atoms. The van der Waals surface area contributed by atoms with Gasteiger partial charge in [-0.1, -0.05) is 0 Å². The number of rotatable bonds is 4. The van der Waals surface area contributed by atoms with Crippen LogP contribution in [0.25, 0.3) is 0 Å². The van der Waals surface area contributed by atoms with E-state index in [0.29, 0.717) is 6.61 Å². The van der Waals surface area contributed by atoms with Gasteiger partial charge in [0, 0.05) is 12.1 Å². The van der Waals surface area contributed by atoms with Gasteiger partial charge in [0.05, 0.1) is 32.1 Å². The summed E-state index contributed by atoms with van der Waals surface area (Å²) in [5, 5.41) is 8.83. The molecule has 0 radical (unpaired) electrons. The van der Waals surface area contributed by atoms with Crippen molar-refractivity contribution >= 4 is 11.9 Å². The Balaban J connectivity index is 2.10. The van der Waals surface area contributed by atoms with E-state index in [1.807, 2.05) is 0 Å². The third kappa shape index (κ3) is 3.98. The molecule has 1 aliphatic heterocycles. The highest BCUT2D eigenvalue weighted by molar-refractivity contribution is 5.80. The van der Waals surface area contributed by atoms with Gasteiger partial charge in [-0.2, -0.15) is 0 Å². The van der Waals surface area contributed by atoms with Crippen LogP contribution in [0.2, 0.25) is 0 Å². The number of nitrogens with zero attached hydrogens (tertiary/aromatic N) is 1. The molecule has 1 heterocycles. The van der Waals surface area contributed by atoms with Crippen LogP contribution in [0.3, 0.4) is 0 Å². The van der Waals surface area contributed by atoms with E-state index in [1.165, 1.54) is 4.90 Å². The predicted molar refractivity (Wildman–Crippen MR) is 68.6 cm³/mol. The molecule has 0 bridgehead atoms. The maximum Gasteiger partial charge on any atom is 0.305 e. The second-order valence-electron chi connectivity index (χ2n) is 4.83. The number of amides is 1. The molecule has 1 atom stereocenters. The van der Waals surface area contributed by atoms with E-state index in [9.17, 15) is 18.4 Å². The van der Waals surface area contributed by atoms with Gasteiger partial charge in [0.1, 0.15) is 11.6 Å². The number of halogens is 2. The minimum absolute atomic E-state index is 0.0411. The Labute approximate surface area is 120 Å². The number of carboxylic acid groups (broad SMARTS) is 1. The highest BCUT2D eigenvalue weighted by Gasteiger charge is 2.29. The quantitative estimate of drug-likeness (QED) is 0.907. The Bertz CT molecular complexity index is 550. The van der Waals surface area contributed by atoms with Crippen LogP contribution in [0.5, 0.6) is 0 Å². The standard InChI is InChI=1S/C14H15F2NO4/c15-10-1-2-12(16)9(5-10)6-13(18)17-3-4-21-8-11(17)7-14(19)20/h1-2,5,11H,3-4,6-8H2,(H,19,20). The highest BCUT2D eigenvalue weighted by Crippen LogP contribution is 2.16. The summed E-state index contributed by atoms with van der Waals surface area (Å²) in [6.45, 7) is 0.672. The summed E-state index contributed by atoms with van der Waals surface area (Å²) in [5.41, 5.74) is -0.0411. The van der Waals surface area contributed by atoms with Crippen LogP contribution in [-0.2, 0) is 20.7 Å². The zero-order valence-electron chi connectivity index (χ0n) is 11.2. The topological polar surface area (TPSA) is 66.8 Å². The van der Waals surface area contributed by atoms with Gasteiger partial charge in [-0.15, -0.1) is 0 Å². The first-order valence-electron chi connectivity index (χ1n) is 6.50. The van der Waals surface area contributed by atoms with Crippen molar-refractivity contribution in [3.8, 4) is 0 Å². The van der Waals surface area contributed by atoms with Gasteiger partial charge in [-0.3, -0.25) is 9.59 Å². The Morgan fingerprint density at radius 3 is 2.86 bits per heavy atom. The van der Waals surface area contributed by atoms with E-state index >= 15 is 0 Å². The van der Waals surface area contributed by atoms with Gasteiger partial charge in [0.2, 0.25) is 5.91 Å². The molecular weight excluding hydrogens is 284 g/mol. The van der Waals surface area contributed by atoms with Crippen LogP contribution in [0.4, 0.5) is 8.78 Å². The van der Waals surface area contributed by atoms with E-state index < -0.39 is 29.6 Å². The normalized spacial score (nSPS) is 18.6. The fourth-order valence-corrected chi connectivity index (χ4v) is 2.30. The Kier molecular flexibility index (Phi) is 4.85. The molecule has 1 fully saturated rings. The van der Waals surface area contributed by atoms with Gasteiger partial charge >= 0.3 is 5.97 Å². The summed E-state index contributed by atoms with van der Waals surface area (Å²) in [5.74, 6) is -2.76. The summed E-state index contributed by atoms with van der Waals surface area (Å²) in [4.78, 5) is 24.4. The van der Waals surface area contributed by atoms with E-state index in [1.54, 1.807) is 0 Å². The first-order valence-corrected chi connectivity index (χ1v) is 6.50. The van der Waals surface area contributed by atoms with Crippen LogP contribution >= 0.6 is 0 Å². The molecule has 0 saturated carbocycles. The maximum absolute atomic E-state index is 13.5. The number of aliphatic carboxylic acids is 1. The molecule has 1 aromatic carbocycles. The number of carbonyl (C=O) groups is 2. The minimum Gasteiger partial charge on any atom is -0.481 e. The van der Waals surface area contributed by atoms with Crippen molar-refractivity contribution in [2.24, 2.45) is 0 Å². The van der Waals surface area contributed by atoms with Gasteiger partial charge in [0.15, 0.2) is 0 Å². The predicted octanol–water partition coefficient (Wildman–Crippen LogP) is 1.21. The fourth-order valence-electron chi connectivity index (χ4n) is 2.30. The average Bonchev–Trinajstić information content (AvgIpc) is 2.42. The van der Waals surface area contributed by atoms with Gasteiger partial charge in [-0.25, -0.2) is 8.78 Å². The largest absolute Gasteiger partial charge is 0.481 e. The van der Waals surface area contributed by atoms with Crippen LogP contribution in [-0.4, -0.2) is 47.7 Å². The number of morpholine rings is 1. The van der Waals surface area contributed by atoms with Gasteiger partial charge in [0.25, 0.3) is 0 Å². The lowest BCUT2D eigenvalue weighted by Crippen LogP contribution is -2.50. The summed E-state index contributed by atoms with van der Waals surface area (Å²) in [7, 11) is 0. The van der Waals surface area contributed by atoms with Gasteiger partial charge < -0.3 is 14.7 Å². The smallest absolute Gasteiger partial charge is 0.305 e. The zero-order chi connectivity index (χ0) is 15.4. The third-order valence-corrected chi connectivity index (χ3v) is 3.31. The van der Waals surface area contributed by atoms with Crippen molar-refractivity contribution in [3.05, 3.63) is 35.4 Å². The van der Waals surface area contributed by atoms with Crippen molar-refractivity contribution in [1.82, 2.24) is 4.90 Å². The van der Waals surface area contributed by atoms with Crippen molar-refractivity contribution < 1.29 is 28.2 Å². The lowest BCUT2D eigenvalue weighted by atomic mass is 10.1. The maximum atomic E-state index is 13.5. The zero-order valence-corrected chi connectivity index (χ0v) is 11.2. The minimum atomic E-state index is -1.04. The number of benzene rings is 1. The first kappa shape index (κ1) is 15.4. The molecule has 1 amide bonds. The van der Waals surface area contributed by atoms with Crippen LogP contribution in [0, 0.1) is 11.6 Å². The Hall–Kier alpha value is -2.02. The molecule has 0 aliphatic carbocycles. The fraction of sp³-hybridized carbons (Fsp3) is 0.429. The Morgan fingerprint density at radius 1 is 1.38 bits per heavy atom. The second-order valence-corrected chi connectivity index (χ2v) is 4.83. The molecule has 1 unspecified atom stereocenters. The SMILES string of the molecule is O=C(O)CC1COCCN1C(=O)Cc1cc(F)ccc1F. The van der Waals surface area contributed by atoms with E-state index in [4.69, 9.17) is 9.84 Å². The lowest BCUT2D eigenvalue weighted by Gasteiger charge is -2.35. The first-order chi connectivity index (χ1) is 9.97. The molecule has 0 spiro atoms. The van der Waals surface area contributed by atoms with Crippen molar-refractivity contribution in [3.63, 3.8) is 0 Å². The van der Waals surface area contributed by atoms with Crippen molar-refractivity contribution in [1.29, 1.82) is 0 Å².